The molecule has 0 saturated heterocycles. The largest absolute Gasteiger partial charge is 0.367 e. The van der Waals surface area contributed by atoms with Gasteiger partial charge in [-0.2, -0.15) is 11.3 Å². The molecule has 0 spiro atoms. The van der Waals surface area contributed by atoms with Crippen LogP contribution in [-0.4, -0.2) is 32.3 Å². The van der Waals surface area contributed by atoms with Crippen molar-refractivity contribution in [2.24, 2.45) is 0 Å². The molecule has 114 valence electrons. The van der Waals surface area contributed by atoms with Crippen molar-refractivity contribution in [1.82, 2.24) is 9.55 Å². The van der Waals surface area contributed by atoms with Gasteiger partial charge in [0.15, 0.2) is 0 Å². The predicted molar refractivity (Wildman–Crippen MR) is 77.5 cm³/mol. The fourth-order valence-corrected chi connectivity index (χ4v) is 2.67. The molecule has 0 unspecified atom stereocenters. The van der Waals surface area contributed by atoms with E-state index in [-0.39, 0.29) is 13.2 Å². The molecule has 10 heteroatoms. The summed E-state index contributed by atoms with van der Waals surface area (Å²) in [5, 5.41) is 3.59. The van der Waals surface area contributed by atoms with Crippen LogP contribution in [0.1, 0.15) is 0 Å². The lowest BCUT2D eigenvalue weighted by Crippen LogP contribution is -2.31. The summed E-state index contributed by atoms with van der Waals surface area (Å²) in [6, 6.07) is 1.76. The topological polar surface area (TPSA) is 122 Å². The van der Waals surface area contributed by atoms with Gasteiger partial charge in [-0.05, 0) is 22.4 Å². The molecule has 0 aliphatic rings. The Morgan fingerprint density at radius 1 is 1.38 bits per heavy atom. The zero-order chi connectivity index (χ0) is 15.5. The van der Waals surface area contributed by atoms with Crippen molar-refractivity contribution in [1.29, 1.82) is 0 Å². The summed E-state index contributed by atoms with van der Waals surface area (Å²) >= 11 is 1.43. The van der Waals surface area contributed by atoms with E-state index in [2.05, 4.69) is 4.98 Å². The van der Waals surface area contributed by atoms with Crippen molar-refractivity contribution in [2.75, 3.05) is 13.0 Å². The Labute approximate surface area is 122 Å². The highest BCUT2D eigenvalue weighted by molar-refractivity contribution is 7.51. The number of rotatable bonds is 6. The molecule has 2 heterocycles. The molecule has 0 aliphatic carbocycles. The Hall–Kier alpha value is -1.51. The van der Waals surface area contributed by atoms with E-state index in [9.17, 15) is 14.2 Å². The van der Waals surface area contributed by atoms with Crippen molar-refractivity contribution in [3.8, 4) is 11.1 Å². The molecule has 0 bridgehead atoms. The Morgan fingerprint density at radius 2 is 2.14 bits per heavy atom. The lowest BCUT2D eigenvalue weighted by molar-refractivity contribution is 0.147. The molecule has 0 amide bonds. The first kappa shape index (κ1) is 15.9. The number of aromatic nitrogens is 2. The first-order valence-electron chi connectivity index (χ1n) is 5.85. The molecular formula is C11H13N2O6PS. The van der Waals surface area contributed by atoms with E-state index in [1.807, 2.05) is 5.38 Å². The molecular weight excluding hydrogens is 319 g/mol. The van der Waals surface area contributed by atoms with Crippen molar-refractivity contribution in [2.45, 2.75) is 6.54 Å². The van der Waals surface area contributed by atoms with Gasteiger partial charge in [-0.25, -0.2) is 4.79 Å². The molecule has 0 radical (unpaired) electrons. The van der Waals surface area contributed by atoms with Crippen molar-refractivity contribution in [3.05, 3.63) is 43.9 Å². The van der Waals surface area contributed by atoms with Crippen LogP contribution in [0.5, 0.6) is 0 Å². The SMILES string of the molecule is O=c1[nH]c(=O)n(CCOCP(=O)(O)O)cc1-c1ccsc1. The second-order valence-corrected chi connectivity index (χ2v) is 6.58. The predicted octanol–water partition coefficient (Wildman–Crippen LogP) is 0.417. The summed E-state index contributed by atoms with van der Waals surface area (Å²) in [4.78, 5) is 42.9. The molecule has 8 nitrogen and oxygen atoms in total. The Bertz CT molecular complexity index is 760. The maximum atomic E-state index is 11.8. The standard InChI is InChI=1S/C11H13N2O6PS/c14-10-9(8-1-4-21-6-8)5-13(11(15)12-10)2-3-19-7-20(16,17)18/h1,4-6H,2-3,7H2,(H,12,14,15)(H2,16,17,18). The van der Waals surface area contributed by atoms with Crippen LogP contribution in [0.25, 0.3) is 11.1 Å². The van der Waals surface area contributed by atoms with E-state index in [0.29, 0.717) is 11.1 Å². The number of thiophene rings is 1. The van der Waals surface area contributed by atoms with E-state index in [1.54, 1.807) is 11.4 Å². The maximum Gasteiger partial charge on any atom is 0.350 e. The van der Waals surface area contributed by atoms with Crippen LogP contribution in [0.4, 0.5) is 0 Å². The fraction of sp³-hybridized carbons (Fsp3) is 0.273. The van der Waals surface area contributed by atoms with Gasteiger partial charge in [-0.3, -0.25) is 18.9 Å². The first-order valence-corrected chi connectivity index (χ1v) is 8.59. The summed E-state index contributed by atoms with van der Waals surface area (Å²) in [5.41, 5.74) is -0.0264. The molecule has 2 aromatic rings. The monoisotopic (exact) mass is 332 g/mol. The van der Waals surface area contributed by atoms with Gasteiger partial charge in [0.25, 0.3) is 5.56 Å². The number of nitrogens with one attached hydrogen (secondary N) is 1. The normalized spacial score (nSPS) is 11.7. The van der Waals surface area contributed by atoms with Crippen LogP contribution < -0.4 is 11.2 Å². The van der Waals surface area contributed by atoms with Crippen molar-refractivity contribution in [3.63, 3.8) is 0 Å². The summed E-state index contributed by atoms with van der Waals surface area (Å²) in [6.45, 7) is 0.0207. The molecule has 0 aliphatic heterocycles. The van der Waals surface area contributed by atoms with Gasteiger partial charge in [0.1, 0.15) is 6.35 Å². The van der Waals surface area contributed by atoms with E-state index < -0.39 is 25.2 Å². The Kier molecular flexibility index (Phi) is 4.92. The molecule has 2 aromatic heterocycles. The highest BCUT2D eigenvalue weighted by Gasteiger charge is 2.12. The number of hydrogen-bond donors (Lipinski definition) is 3. The molecule has 2 rings (SSSR count). The molecule has 0 saturated carbocycles. The molecule has 0 atom stereocenters. The number of ether oxygens (including phenoxy) is 1. The fourth-order valence-electron chi connectivity index (χ4n) is 1.65. The minimum atomic E-state index is -4.22. The number of H-pyrrole nitrogens is 1. The summed E-state index contributed by atoms with van der Waals surface area (Å²) in [6.07, 6.45) is 0.701. The van der Waals surface area contributed by atoms with Crippen LogP contribution in [0.15, 0.2) is 32.6 Å². The van der Waals surface area contributed by atoms with Crippen molar-refractivity contribution >= 4 is 18.9 Å². The molecule has 0 aromatic carbocycles. The van der Waals surface area contributed by atoms with Gasteiger partial charge in [0, 0.05) is 6.20 Å². The van der Waals surface area contributed by atoms with Crippen LogP contribution in [0, 0.1) is 0 Å². The van der Waals surface area contributed by atoms with E-state index >= 15 is 0 Å². The quantitative estimate of drug-likeness (QED) is 0.520. The third-order valence-electron chi connectivity index (χ3n) is 2.58. The third-order valence-corrected chi connectivity index (χ3v) is 3.78. The van der Waals surface area contributed by atoms with Gasteiger partial charge < -0.3 is 14.5 Å². The molecule has 21 heavy (non-hydrogen) atoms. The van der Waals surface area contributed by atoms with Gasteiger partial charge in [0.2, 0.25) is 0 Å². The van der Waals surface area contributed by atoms with Crippen molar-refractivity contribution < 1.29 is 19.1 Å². The molecule has 3 N–H and O–H groups in total. The van der Waals surface area contributed by atoms with Gasteiger partial charge >= 0.3 is 13.3 Å². The minimum absolute atomic E-state index is 0.0554. The summed E-state index contributed by atoms with van der Waals surface area (Å²) in [7, 11) is -4.22. The second kappa shape index (κ2) is 6.50. The van der Waals surface area contributed by atoms with Crippen LogP contribution in [0.3, 0.4) is 0 Å². The lowest BCUT2D eigenvalue weighted by atomic mass is 10.2. The highest BCUT2D eigenvalue weighted by Crippen LogP contribution is 2.33. The smallest absolute Gasteiger partial charge is 0.350 e. The zero-order valence-electron chi connectivity index (χ0n) is 10.8. The Balaban J connectivity index is 2.13. The first-order chi connectivity index (χ1) is 9.87. The highest BCUT2D eigenvalue weighted by atomic mass is 32.1. The van der Waals surface area contributed by atoms with E-state index in [4.69, 9.17) is 14.5 Å². The number of hydrogen-bond acceptors (Lipinski definition) is 5. The van der Waals surface area contributed by atoms with E-state index in [1.165, 1.54) is 22.1 Å². The average Bonchev–Trinajstić information content (AvgIpc) is 2.89. The third kappa shape index (κ3) is 4.48. The lowest BCUT2D eigenvalue weighted by Gasteiger charge is -2.08. The summed E-state index contributed by atoms with van der Waals surface area (Å²) in [5.74, 6) is 0. The van der Waals surface area contributed by atoms with Gasteiger partial charge in [-0.15, -0.1) is 0 Å². The second-order valence-electron chi connectivity index (χ2n) is 4.21. The zero-order valence-corrected chi connectivity index (χ0v) is 12.5. The van der Waals surface area contributed by atoms with Gasteiger partial charge in [0.05, 0.1) is 18.7 Å². The van der Waals surface area contributed by atoms with E-state index in [0.717, 1.165) is 0 Å². The number of aromatic amines is 1. The number of nitrogens with zero attached hydrogens (tertiary/aromatic N) is 1. The summed E-state index contributed by atoms with van der Waals surface area (Å²) < 4.78 is 16.7. The molecule has 0 fully saturated rings. The van der Waals surface area contributed by atoms with Crippen LogP contribution >= 0.6 is 18.9 Å². The van der Waals surface area contributed by atoms with Crippen LogP contribution in [0.2, 0.25) is 0 Å². The maximum absolute atomic E-state index is 11.8. The minimum Gasteiger partial charge on any atom is -0.367 e. The van der Waals surface area contributed by atoms with Crippen LogP contribution in [-0.2, 0) is 15.8 Å². The van der Waals surface area contributed by atoms with Gasteiger partial charge in [-0.1, -0.05) is 0 Å². The average molecular weight is 332 g/mol. The Morgan fingerprint density at radius 3 is 2.76 bits per heavy atom.